The van der Waals surface area contributed by atoms with Crippen molar-refractivity contribution in [2.45, 2.75) is 18.9 Å². The molecule has 0 aliphatic carbocycles. The molecule has 2 aliphatic rings. The average molecular weight is 443 g/mol. The predicted molar refractivity (Wildman–Crippen MR) is 125 cm³/mol. The fourth-order valence-corrected chi connectivity index (χ4v) is 4.78. The highest BCUT2D eigenvalue weighted by Crippen LogP contribution is 2.42. The number of carbonyl (C=O) groups is 2. The molecule has 168 valence electrons. The number of aliphatic hydroxyl groups excluding tert-OH is 1. The molecule has 1 N–H and O–H groups in total. The largest absolute Gasteiger partial charge is 0.507 e. The molecule has 1 amide bonds. The Labute approximate surface area is 192 Å². The molecule has 1 fully saturated rings. The third-order valence-corrected chi connectivity index (χ3v) is 6.38. The summed E-state index contributed by atoms with van der Waals surface area (Å²) in [5.41, 5.74) is 2.39. The second-order valence-electron chi connectivity index (χ2n) is 8.33. The molecule has 0 bridgehead atoms. The van der Waals surface area contributed by atoms with Gasteiger partial charge in [0.2, 0.25) is 0 Å². The molecule has 1 atom stereocenters. The highest BCUT2D eigenvalue weighted by Gasteiger charge is 2.46. The molecule has 6 heteroatoms. The summed E-state index contributed by atoms with van der Waals surface area (Å²) in [5, 5.41) is 13.3. The molecule has 1 unspecified atom stereocenters. The van der Waals surface area contributed by atoms with E-state index >= 15 is 0 Å². The molecule has 3 aromatic carbocycles. The van der Waals surface area contributed by atoms with Crippen LogP contribution in [0.4, 0.5) is 0 Å². The Kier molecular flexibility index (Phi) is 5.60. The average Bonchev–Trinajstić information content (AvgIpc) is 3.11. The van der Waals surface area contributed by atoms with E-state index in [1.54, 1.807) is 13.2 Å². The van der Waals surface area contributed by atoms with Gasteiger partial charge in [-0.15, -0.1) is 0 Å². The second kappa shape index (κ2) is 8.71. The summed E-state index contributed by atoms with van der Waals surface area (Å²) in [6.45, 7) is 1.19. The Hall–Kier alpha value is -3.64. The lowest BCUT2D eigenvalue weighted by molar-refractivity contribution is -0.140. The van der Waals surface area contributed by atoms with Gasteiger partial charge in [-0.05, 0) is 52.9 Å². The van der Waals surface area contributed by atoms with Crippen molar-refractivity contribution in [3.05, 3.63) is 82.9 Å². The molecule has 33 heavy (non-hydrogen) atoms. The van der Waals surface area contributed by atoms with Crippen molar-refractivity contribution in [2.75, 3.05) is 26.9 Å². The van der Waals surface area contributed by atoms with Crippen molar-refractivity contribution < 1.29 is 24.2 Å². The Balaban J connectivity index is 1.70. The predicted octanol–water partition coefficient (Wildman–Crippen LogP) is 4.23. The van der Waals surface area contributed by atoms with E-state index in [2.05, 4.69) is 0 Å². The van der Waals surface area contributed by atoms with Crippen LogP contribution in [0.2, 0.25) is 0 Å². The van der Waals surface area contributed by atoms with Crippen molar-refractivity contribution >= 4 is 28.2 Å². The normalized spacial score (nSPS) is 19.5. The van der Waals surface area contributed by atoms with Gasteiger partial charge in [0.25, 0.3) is 11.7 Å². The molecule has 1 saturated heterocycles. The first-order valence-corrected chi connectivity index (χ1v) is 11.1. The number of rotatable bonds is 5. The van der Waals surface area contributed by atoms with E-state index in [0.29, 0.717) is 12.2 Å². The number of ketones is 1. The van der Waals surface area contributed by atoms with Gasteiger partial charge in [0.1, 0.15) is 11.5 Å². The van der Waals surface area contributed by atoms with Crippen LogP contribution in [0.15, 0.2) is 66.2 Å². The molecular formula is C27H25NO5. The zero-order chi connectivity index (χ0) is 22.9. The molecule has 0 radical (unpaired) electrons. The Morgan fingerprint density at radius 2 is 1.94 bits per heavy atom. The van der Waals surface area contributed by atoms with E-state index in [9.17, 15) is 14.7 Å². The van der Waals surface area contributed by atoms with E-state index in [4.69, 9.17) is 9.47 Å². The Morgan fingerprint density at radius 1 is 1.12 bits per heavy atom. The molecule has 6 nitrogen and oxygen atoms in total. The molecule has 5 rings (SSSR count). The SMILES string of the molecule is COCCN1C(=O)C(=O)/C(=C(\O)c2ccc3c(c2)CCCO3)C1c1cccc2ccccc12. The number of aryl methyl sites for hydroxylation is 1. The first-order chi connectivity index (χ1) is 16.1. The summed E-state index contributed by atoms with van der Waals surface area (Å²) < 4.78 is 10.9. The van der Waals surface area contributed by atoms with Crippen molar-refractivity contribution in [3.63, 3.8) is 0 Å². The highest BCUT2D eigenvalue weighted by atomic mass is 16.5. The van der Waals surface area contributed by atoms with Crippen molar-refractivity contribution in [3.8, 4) is 5.75 Å². The fourth-order valence-electron chi connectivity index (χ4n) is 4.78. The van der Waals surface area contributed by atoms with Gasteiger partial charge >= 0.3 is 0 Å². The number of methoxy groups -OCH3 is 1. The van der Waals surface area contributed by atoms with Gasteiger partial charge in [-0.2, -0.15) is 0 Å². The fraction of sp³-hybridized carbons (Fsp3) is 0.259. The summed E-state index contributed by atoms with van der Waals surface area (Å²) in [7, 11) is 1.55. The lowest BCUT2D eigenvalue weighted by atomic mass is 9.91. The van der Waals surface area contributed by atoms with E-state index < -0.39 is 17.7 Å². The number of nitrogens with zero attached hydrogens (tertiary/aromatic N) is 1. The maximum Gasteiger partial charge on any atom is 0.295 e. The van der Waals surface area contributed by atoms with Crippen LogP contribution in [-0.2, 0) is 20.7 Å². The van der Waals surface area contributed by atoms with Crippen LogP contribution in [0.1, 0.15) is 29.2 Å². The molecule has 0 saturated carbocycles. The van der Waals surface area contributed by atoms with Gasteiger partial charge in [0.05, 0.1) is 24.8 Å². The van der Waals surface area contributed by atoms with Gasteiger partial charge < -0.3 is 19.5 Å². The zero-order valence-electron chi connectivity index (χ0n) is 18.4. The summed E-state index contributed by atoms with van der Waals surface area (Å²) >= 11 is 0. The number of likely N-dealkylation sites (tertiary alicyclic amines) is 1. The first-order valence-electron chi connectivity index (χ1n) is 11.1. The number of hydrogen-bond acceptors (Lipinski definition) is 5. The molecule has 2 heterocycles. The van der Waals surface area contributed by atoms with Crippen molar-refractivity contribution in [1.82, 2.24) is 4.90 Å². The molecule has 0 spiro atoms. The number of fused-ring (bicyclic) bond motifs is 2. The summed E-state index contributed by atoms with van der Waals surface area (Å²) in [6, 6.07) is 18.3. The lowest BCUT2D eigenvalue weighted by Gasteiger charge is -2.26. The van der Waals surface area contributed by atoms with Crippen LogP contribution in [0, 0.1) is 0 Å². The first kappa shape index (κ1) is 21.2. The van der Waals surface area contributed by atoms with Crippen LogP contribution in [-0.4, -0.2) is 48.6 Å². The minimum Gasteiger partial charge on any atom is -0.507 e. The third kappa shape index (κ3) is 3.66. The van der Waals surface area contributed by atoms with Gasteiger partial charge in [-0.3, -0.25) is 9.59 Å². The maximum atomic E-state index is 13.2. The van der Waals surface area contributed by atoms with Gasteiger partial charge in [0.15, 0.2) is 0 Å². The number of aliphatic hydroxyl groups is 1. The maximum absolute atomic E-state index is 13.2. The van der Waals surface area contributed by atoms with Crippen LogP contribution in [0.5, 0.6) is 5.75 Å². The number of amides is 1. The van der Waals surface area contributed by atoms with Crippen molar-refractivity contribution in [1.29, 1.82) is 0 Å². The molecular weight excluding hydrogens is 418 g/mol. The smallest absolute Gasteiger partial charge is 0.295 e. The van der Waals surface area contributed by atoms with E-state index in [1.807, 2.05) is 54.6 Å². The van der Waals surface area contributed by atoms with Crippen LogP contribution < -0.4 is 4.74 Å². The minimum absolute atomic E-state index is 0.101. The molecule has 2 aliphatic heterocycles. The van der Waals surface area contributed by atoms with Gasteiger partial charge in [-0.1, -0.05) is 42.5 Å². The number of Topliss-reactive ketones (excluding diaryl/α,β-unsaturated/α-hetero) is 1. The van der Waals surface area contributed by atoms with Crippen LogP contribution >= 0.6 is 0 Å². The number of ether oxygens (including phenoxy) is 2. The third-order valence-electron chi connectivity index (χ3n) is 6.38. The number of hydrogen-bond donors (Lipinski definition) is 1. The number of carbonyl (C=O) groups excluding carboxylic acids is 2. The zero-order valence-corrected chi connectivity index (χ0v) is 18.4. The summed E-state index contributed by atoms with van der Waals surface area (Å²) in [5.74, 6) is -0.688. The summed E-state index contributed by atoms with van der Waals surface area (Å²) in [4.78, 5) is 27.8. The van der Waals surface area contributed by atoms with Gasteiger partial charge in [-0.25, -0.2) is 0 Å². The summed E-state index contributed by atoms with van der Waals surface area (Å²) in [6.07, 6.45) is 1.74. The van der Waals surface area contributed by atoms with E-state index in [1.165, 1.54) is 4.90 Å². The highest BCUT2D eigenvalue weighted by molar-refractivity contribution is 6.46. The van der Waals surface area contributed by atoms with E-state index in [-0.39, 0.29) is 24.5 Å². The topological polar surface area (TPSA) is 76.1 Å². The molecule has 3 aromatic rings. The quantitative estimate of drug-likeness (QED) is 0.363. The second-order valence-corrected chi connectivity index (χ2v) is 8.33. The van der Waals surface area contributed by atoms with E-state index in [0.717, 1.165) is 40.5 Å². The number of benzene rings is 3. The Bertz CT molecular complexity index is 1270. The molecule has 0 aromatic heterocycles. The Morgan fingerprint density at radius 3 is 2.79 bits per heavy atom. The van der Waals surface area contributed by atoms with Crippen molar-refractivity contribution in [2.24, 2.45) is 0 Å². The monoisotopic (exact) mass is 443 g/mol. The van der Waals surface area contributed by atoms with Gasteiger partial charge in [0, 0.05) is 19.2 Å². The standard InChI is InChI=1S/C27H25NO5/c1-32-15-13-28-24(21-10-4-7-17-6-2-3-9-20(17)21)23(26(30)27(28)31)25(29)19-11-12-22-18(16-19)8-5-14-33-22/h2-4,6-7,9-12,16,24,29H,5,8,13-15H2,1H3/b25-23-. The lowest BCUT2D eigenvalue weighted by Crippen LogP contribution is -2.32. The van der Waals surface area contributed by atoms with Crippen LogP contribution in [0.3, 0.4) is 0 Å². The minimum atomic E-state index is -0.710. The van der Waals surface area contributed by atoms with Crippen LogP contribution in [0.25, 0.3) is 16.5 Å².